The minimum Gasteiger partial charge on any atom is -0.310 e. The van der Waals surface area contributed by atoms with E-state index in [0.29, 0.717) is 0 Å². The highest BCUT2D eigenvalue weighted by atomic mass is 15.1. The van der Waals surface area contributed by atoms with Gasteiger partial charge in [-0.15, -0.1) is 0 Å². The molecule has 1 nitrogen and oxygen atoms in total. The predicted molar refractivity (Wildman–Crippen MR) is 297 cm³/mol. The maximum Gasteiger partial charge on any atom is 0.0726 e. The lowest BCUT2D eigenvalue weighted by Crippen LogP contribution is -2.26. The molecule has 0 N–H and O–H groups in total. The van der Waals surface area contributed by atoms with Crippen LogP contribution in [-0.4, -0.2) is 0 Å². The summed E-state index contributed by atoms with van der Waals surface area (Å²) in [5, 5.41) is 17.8. The molecule has 2 aliphatic carbocycles. The average Bonchev–Trinajstić information content (AvgIpc) is 3.89. The zero-order valence-electron chi connectivity index (χ0n) is 38.1. The van der Waals surface area contributed by atoms with Crippen molar-refractivity contribution >= 4 is 92.5 Å². The summed E-state index contributed by atoms with van der Waals surface area (Å²) in [6, 6.07) is 94.1. The van der Waals surface area contributed by atoms with Gasteiger partial charge in [0.15, 0.2) is 0 Å². The summed E-state index contributed by atoms with van der Waals surface area (Å²) in [6.45, 7) is 0. The van der Waals surface area contributed by atoms with Gasteiger partial charge in [-0.1, -0.05) is 212 Å². The van der Waals surface area contributed by atoms with Crippen LogP contribution in [0.15, 0.2) is 249 Å². The molecular weight excluding hydrogens is 843 g/mol. The van der Waals surface area contributed by atoms with Crippen LogP contribution < -0.4 is 4.90 Å². The molecule has 0 saturated heterocycles. The Kier molecular flexibility index (Phi) is 7.60. The van der Waals surface area contributed by atoms with Crippen LogP contribution in [0, 0.1) is 0 Å². The van der Waals surface area contributed by atoms with Crippen molar-refractivity contribution in [2.24, 2.45) is 0 Å². The van der Waals surface area contributed by atoms with Gasteiger partial charge in [-0.05, 0) is 167 Å². The standard InChI is InChI=1S/C69H41N/c1-2-18-51-42(13-1)14-9-22-52(51)43-33-35-48(36-34-43)70(49-37-38-56-55-21-5-8-28-63(55)69(64(56)41-49)61-26-6-3-19-53(61)54-20-4-7-27-62(54)69)50-39-47-32-31-46-16-11-24-58-57-23-10-15-44-29-30-45-17-12-25-59(67(45)65(44)57)60(40-50)68(47)66(46)58/h1-41H. The van der Waals surface area contributed by atoms with Crippen molar-refractivity contribution in [3.63, 3.8) is 0 Å². The number of hydrogen-bond acceptors (Lipinski definition) is 1. The second kappa shape index (κ2) is 14.0. The molecule has 0 amide bonds. The Bertz CT molecular complexity index is 4460. The van der Waals surface area contributed by atoms with Crippen molar-refractivity contribution in [2.45, 2.75) is 5.41 Å². The molecule has 0 atom stereocenters. The maximum absolute atomic E-state index is 2.52. The fraction of sp³-hybridized carbons (Fsp3) is 0.0145. The number of anilines is 3. The molecule has 322 valence electrons. The van der Waals surface area contributed by atoms with Crippen molar-refractivity contribution in [2.75, 3.05) is 4.90 Å². The van der Waals surface area contributed by atoms with Crippen LogP contribution in [0.3, 0.4) is 0 Å². The van der Waals surface area contributed by atoms with E-state index in [4.69, 9.17) is 0 Å². The minimum absolute atomic E-state index is 0.471. The van der Waals surface area contributed by atoms with E-state index in [0.717, 1.165) is 17.1 Å². The van der Waals surface area contributed by atoms with E-state index in [2.05, 4.69) is 254 Å². The van der Waals surface area contributed by atoms with Crippen LogP contribution in [0.5, 0.6) is 0 Å². The summed E-state index contributed by atoms with van der Waals surface area (Å²) in [4.78, 5) is 2.52. The number of nitrogens with zero attached hydrogens (tertiary/aromatic N) is 1. The number of benzene rings is 13. The van der Waals surface area contributed by atoms with E-state index >= 15 is 0 Å². The fourth-order valence-electron chi connectivity index (χ4n) is 13.3. The first-order valence-electron chi connectivity index (χ1n) is 24.5. The van der Waals surface area contributed by atoms with Gasteiger partial charge < -0.3 is 4.90 Å². The lowest BCUT2D eigenvalue weighted by Gasteiger charge is -2.32. The van der Waals surface area contributed by atoms with Crippen molar-refractivity contribution in [1.29, 1.82) is 0 Å². The summed E-state index contributed by atoms with van der Waals surface area (Å²) < 4.78 is 0. The Morgan fingerprint density at radius 3 is 1.27 bits per heavy atom. The average molecular weight is 884 g/mol. The Labute approximate surface area is 405 Å². The first-order chi connectivity index (χ1) is 34.7. The summed E-state index contributed by atoms with van der Waals surface area (Å²) in [5.41, 5.74) is 15.9. The zero-order valence-corrected chi connectivity index (χ0v) is 38.1. The summed E-state index contributed by atoms with van der Waals surface area (Å²) in [6.07, 6.45) is 0. The van der Waals surface area contributed by atoms with Gasteiger partial charge in [0.25, 0.3) is 0 Å². The maximum atomic E-state index is 2.52. The second-order valence-electron chi connectivity index (χ2n) is 19.5. The van der Waals surface area contributed by atoms with Crippen LogP contribution in [0.1, 0.15) is 22.3 Å². The first-order valence-corrected chi connectivity index (χ1v) is 24.5. The molecule has 0 saturated carbocycles. The van der Waals surface area contributed by atoms with Crippen LogP contribution in [0.25, 0.3) is 109 Å². The summed E-state index contributed by atoms with van der Waals surface area (Å²) in [5.74, 6) is 0. The van der Waals surface area contributed by atoms with Crippen LogP contribution in [0.4, 0.5) is 17.1 Å². The van der Waals surface area contributed by atoms with Gasteiger partial charge in [0.2, 0.25) is 0 Å². The molecule has 14 aromatic carbocycles. The molecule has 0 unspecified atom stereocenters. The van der Waals surface area contributed by atoms with Crippen molar-refractivity contribution in [3.8, 4) is 33.4 Å². The molecule has 14 aromatic rings. The Balaban J connectivity index is 1.01. The molecule has 2 aliphatic rings. The fourth-order valence-corrected chi connectivity index (χ4v) is 13.3. The second-order valence-corrected chi connectivity index (χ2v) is 19.5. The Morgan fingerprint density at radius 2 is 0.657 bits per heavy atom. The van der Waals surface area contributed by atoms with Gasteiger partial charge in [0.05, 0.1) is 5.41 Å². The molecule has 0 fully saturated rings. The van der Waals surface area contributed by atoms with Gasteiger partial charge in [-0.25, -0.2) is 0 Å². The van der Waals surface area contributed by atoms with Crippen LogP contribution in [-0.2, 0) is 5.41 Å². The molecule has 0 radical (unpaired) electrons. The number of hydrogen-bond donors (Lipinski definition) is 0. The van der Waals surface area contributed by atoms with Gasteiger partial charge in [0.1, 0.15) is 0 Å². The third-order valence-electron chi connectivity index (χ3n) is 16.1. The summed E-state index contributed by atoms with van der Waals surface area (Å²) in [7, 11) is 0. The largest absolute Gasteiger partial charge is 0.310 e. The molecule has 16 rings (SSSR count). The Morgan fingerprint density at radius 1 is 0.229 bits per heavy atom. The monoisotopic (exact) mass is 883 g/mol. The SMILES string of the molecule is c1ccc2c(c1)-c1ccccc1C21c2ccccc2-c2ccc(N(c3ccc(-c4cccc5ccccc45)cc3)c3cc4ccc5cccc6c7cccc8ccc9cccc(c(c3)c4c56)c9c87)cc21. The highest BCUT2D eigenvalue weighted by Crippen LogP contribution is 2.63. The van der Waals surface area contributed by atoms with E-state index in [-0.39, 0.29) is 0 Å². The molecule has 1 heteroatoms. The van der Waals surface area contributed by atoms with E-state index in [1.165, 1.54) is 131 Å². The van der Waals surface area contributed by atoms with Gasteiger partial charge >= 0.3 is 0 Å². The number of rotatable bonds is 4. The van der Waals surface area contributed by atoms with E-state index in [1.54, 1.807) is 0 Å². The molecule has 0 bridgehead atoms. The minimum atomic E-state index is -0.471. The normalized spacial score (nSPS) is 13.3. The Hall–Kier alpha value is -9.04. The molecule has 0 heterocycles. The lowest BCUT2D eigenvalue weighted by molar-refractivity contribution is 0.793. The lowest BCUT2D eigenvalue weighted by atomic mass is 9.70. The highest BCUT2D eigenvalue weighted by Gasteiger charge is 2.51. The van der Waals surface area contributed by atoms with E-state index in [9.17, 15) is 0 Å². The number of fused-ring (bicyclic) bond motifs is 13. The van der Waals surface area contributed by atoms with Gasteiger partial charge in [-0.3, -0.25) is 0 Å². The smallest absolute Gasteiger partial charge is 0.0726 e. The van der Waals surface area contributed by atoms with Crippen molar-refractivity contribution < 1.29 is 0 Å². The molecule has 1 spiro atoms. The van der Waals surface area contributed by atoms with Crippen LogP contribution in [0.2, 0.25) is 0 Å². The summed E-state index contributed by atoms with van der Waals surface area (Å²) >= 11 is 0. The van der Waals surface area contributed by atoms with Gasteiger partial charge in [0, 0.05) is 17.1 Å². The quantitative estimate of drug-likeness (QED) is 0.159. The van der Waals surface area contributed by atoms with E-state index < -0.39 is 5.41 Å². The topological polar surface area (TPSA) is 3.24 Å². The highest BCUT2D eigenvalue weighted by molar-refractivity contribution is 6.37. The molecule has 0 aliphatic heterocycles. The van der Waals surface area contributed by atoms with Crippen LogP contribution >= 0.6 is 0 Å². The zero-order chi connectivity index (χ0) is 45.7. The van der Waals surface area contributed by atoms with E-state index in [1.807, 2.05) is 0 Å². The first kappa shape index (κ1) is 38.0. The van der Waals surface area contributed by atoms with Crippen molar-refractivity contribution in [1.82, 2.24) is 0 Å². The third-order valence-corrected chi connectivity index (χ3v) is 16.1. The van der Waals surface area contributed by atoms with Crippen molar-refractivity contribution in [3.05, 3.63) is 271 Å². The molecule has 70 heavy (non-hydrogen) atoms. The van der Waals surface area contributed by atoms with Gasteiger partial charge in [-0.2, -0.15) is 0 Å². The predicted octanol–water partition coefficient (Wildman–Crippen LogP) is 18.7. The molecular formula is C69H41N. The third kappa shape index (κ3) is 4.95. The molecule has 0 aromatic heterocycles.